The van der Waals surface area contributed by atoms with Gasteiger partial charge < -0.3 is 30.9 Å². The van der Waals surface area contributed by atoms with Crippen molar-refractivity contribution in [3.05, 3.63) is 41.5 Å². The standard InChI is InChI=1S/C15H15NO5.2C3H8.C2H6/c16-10-6-9-12(19)4-8(17)5-14(9)21-15(10)7-1-2-11(18)13(20)3-7;2*1-3-2;1-2/h1-5,10,15,17-20H,6,16H2;2*3H2,1-2H3;1-2H3. The lowest BCUT2D eigenvalue weighted by Crippen LogP contribution is -2.37. The number of ether oxygens (including phenoxy) is 1. The van der Waals surface area contributed by atoms with E-state index in [4.69, 9.17) is 10.5 Å². The van der Waals surface area contributed by atoms with Gasteiger partial charge in [0.05, 0.1) is 6.04 Å². The van der Waals surface area contributed by atoms with Gasteiger partial charge >= 0.3 is 0 Å². The molecule has 0 radical (unpaired) electrons. The minimum atomic E-state index is -0.551. The Kier molecular flexibility index (Phi) is 12.3. The zero-order chi connectivity index (χ0) is 22.6. The molecule has 164 valence electrons. The number of fused-ring (bicyclic) bond motifs is 1. The molecule has 0 spiro atoms. The lowest BCUT2D eigenvalue weighted by atomic mass is 9.92. The first-order chi connectivity index (χ1) is 13.8. The van der Waals surface area contributed by atoms with Crippen LogP contribution in [0.2, 0.25) is 0 Å². The first-order valence-corrected chi connectivity index (χ1v) is 10.3. The summed E-state index contributed by atoms with van der Waals surface area (Å²) in [5.41, 5.74) is 7.22. The highest BCUT2D eigenvalue weighted by atomic mass is 16.5. The van der Waals surface area contributed by atoms with Crippen LogP contribution in [0.25, 0.3) is 0 Å². The molecule has 0 aromatic heterocycles. The second kappa shape index (κ2) is 13.6. The molecule has 6 N–H and O–H groups in total. The summed E-state index contributed by atoms with van der Waals surface area (Å²) < 4.78 is 5.75. The molecular formula is C23H37NO5. The monoisotopic (exact) mass is 407 g/mol. The zero-order valence-corrected chi connectivity index (χ0v) is 18.4. The van der Waals surface area contributed by atoms with Gasteiger partial charge in [0, 0.05) is 17.7 Å². The maximum Gasteiger partial charge on any atom is 0.157 e. The van der Waals surface area contributed by atoms with Crippen LogP contribution >= 0.6 is 0 Å². The number of hydrogen-bond donors (Lipinski definition) is 5. The van der Waals surface area contributed by atoms with Gasteiger partial charge in [-0.3, -0.25) is 0 Å². The third-order valence-corrected chi connectivity index (χ3v) is 3.58. The fourth-order valence-corrected chi connectivity index (χ4v) is 2.53. The highest BCUT2D eigenvalue weighted by Gasteiger charge is 2.31. The molecule has 0 bridgehead atoms. The third kappa shape index (κ3) is 7.74. The number of rotatable bonds is 1. The number of benzene rings is 2. The summed E-state index contributed by atoms with van der Waals surface area (Å²) >= 11 is 0. The summed E-state index contributed by atoms with van der Waals surface area (Å²) in [5, 5.41) is 38.3. The van der Waals surface area contributed by atoms with Crippen molar-refractivity contribution in [2.75, 3.05) is 0 Å². The average molecular weight is 408 g/mol. The van der Waals surface area contributed by atoms with E-state index in [1.54, 1.807) is 6.07 Å². The van der Waals surface area contributed by atoms with Gasteiger partial charge in [0.2, 0.25) is 0 Å². The Hall–Kier alpha value is -2.60. The summed E-state index contributed by atoms with van der Waals surface area (Å²) in [6.45, 7) is 12.5. The van der Waals surface area contributed by atoms with Gasteiger partial charge in [-0.1, -0.05) is 60.5 Å². The number of phenols is 4. The molecule has 0 aliphatic carbocycles. The van der Waals surface area contributed by atoms with Crippen molar-refractivity contribution < 1.29 is 25.2 Å². The molecule has 1 aliphatic heterocycles. The first kappa shape index (κ1) is 26.4. The van der Waals surface area contributed by atoms with Crippen molar-refractivity contribution in [1.29, 1.82) is 0 Å². The van der Waals surface area contributed by atoms with Gasteiger partial charge in [0.15, 0.2) is 11.5 Å². The minimum Gasteiger partial charge on any atom is -0.508 e. The Balaban J connectivity index is 0.000000858. The maximum atomic E-state index is 9.82. The van der Waals surface area contributed by atoms with Gasteiger partial charge in [-0.15, -0.1) is 0 Å². The van der Waals surface area contributed by atoms with E-state index in [1.165, 1.54) is 37.1 Å². The Labute approximate surface area is 174 Å². The van der Waals surface area contributed by atoms with E-state index in [2.05, 4.69) is 27.7 Å². The average Bonchev–Trinajstić information content (AvgIpc) is 2.67. The van der Waals surface area contributed by atoms with Crippen LogP contribution in [0.3, 0.4) is 0 Å². The molecule has 3 rings (SSSR count). The van der Waals surface area contributed by atoms with Crippen LogP contribution in [0, 0.1) is 0 Å². The number of hydrogen-bond acceptors (Lipinski definition) is 6. The van der Waals surface area contributed by atoms with Crippen molar-refractivity contribution in [3.63, 3.8) is 0 Å². The Bertz CT molecular complexity index is 731. The molecule has 0 saturated heterocycles. The van der Waals surface area contributed by atoms with Crippen LogP contribution in [-0.2, 0) is 6.42 Å². The van der Waals surface area contributed by atoms with Crippen LogP contribution < -0.4 is 10.5 Å². The van der Waals surface area contributed by atoms with E-state index in [9.17, 15) is 20.4 Å². The van der Waals surface area contributed by atoms with Crippen molar-refractivity contribution in [2.24, 2.45) is 5.73 Å². The molecule has 2 unspecified atom stereocenters. The normalized spacial score (nSPS) is 16.4. The number of nitrogens with two attached hydrogens (primary N) is 1. The molecule has 1 aliphatic rings. The second-order valence-corrected chi connectivity index (χ2v) is 6.51. The molecular weight excluding hydrogens is 370 g/mol. The van der Waals surface area contributed by atoms with E-state index < -0.39 is 12.1 Å². The Morgan fingerprint density at radius 1 is 0.862 bits per heavy atom. The summed E-state index contributed by atoms with van der Waals surface area (Å²) in [4.78, 5) is 0. The highest BCUT2D eigenvalue weighted by molar-refractivity contribution is 5.52. The quantitative estimate of drug-likeness (QED) is 0.406. The topological polar surface area (TPSA) is 116 Å². The van der Waals surface area contributed by atoms with E-state index in [1.807, 2.05) is 13.8 Å². The fourth-order valence-electron chi connectivity index (χ4n) is 2.53. The van der Waals surface area contributed by atoms with Gasteiger partial charge in [-0.05, 0) is 24.1 Å². The third-order valence-electron chi connectivity index (χ3n) is 3.58. The molecule has 6 nitrogen and oxygen atoms in total. The van der Waals surface area contributed by atoms with Crippen molar-refractivity contribution >= 4 is 0 Å². The maximum absolute atomic E-state index is 9.82. The van der Waals surface area contributed by atoms with E-state index in [-0.39, 0.29) is 23.0 Å². The van der Waals surface area contributed by atoms with Gasteiger partial charge in [-0.2, -0.15) is 0 Å². The first-order valence-electron chi connectivity index (χ1n) is 10.3. The van der Waals surface area contributed by atoms with Crippen molar-refractivity contribution in [2.45, 2.75) is 73.0 Å². The molecule has 0 saturated carbocycles. The van der Waals surface area contributed by atoms with Crippen LogP contribution in [0.4, 0.5) is 0 Å². The number of aromatic hydroxyl groups is 4. The van der Waals surface area contributed by atoms with Gasteiger partial charge in [0.25, 0.3) is 0 Å². The molecule has 0 amide bonds. The van der Waals surface area contributed by atoms with E-state index in [0.29, 0.717) is 23.3 Å². The Morgan fingerprint density at radius 2 is 1.41 bits per heavy atom. The largest absolute Gasteiger partial charge is 0.508 e. The minimum absolute atomic E-state index is 0.0625. The smallest absolute Gasteiger partial charge is 0.157 e. The molecule has 2 atom stereocenters. The van der Waals surface area contributed by atoms with Gasteiger partial charge in [0.1, 0.15) is 23.4 Å². The molecule has 2 aromatic rings. The predicted molar refractivity (Wildman–Crippen MR) is 118 cm³/mol. The van der Waals surface area contributed by atoms with Crippen molar-refractivity contribution in [1.82, 2.24) is 0 Å². The summed E-state index contributed by atoms with van der Waals surface area (Å²) in [6.07, 6.45) is 2.32. The van der Waals surface area contributed by atoms with Crippen LogP contribution in [-0.4, -0.2) is 26.5 Å². The van der Waals surface area contributed by atoms with Gasteiger partial charge in [-0.25, -0.2) is 0 Å². The predicted octanol–water partition coefficient (Wildman–Crippen LogP) is 5.37. The van der Waals surface area contributed by atoms with Crippen LogP contribution in [0.5, 0.6) is 28.7 Å². The molecule has 1 heterocycles. The molecule has 2 aromatic carbocycles. The van der Waals surface area contributed by atoms with Crippen LogP contribution in [0.15, 0.2) is 30.3 Å². The Morgan fingerprint density at radius 3 is 1.93 bits per heavy atom. The molecule has 6 heteroatoms. The lowest BCUT2D eigenvalue weighted by Gasteiger charge is -2.32. The molecule has 29 heavy (non-hydrogen) atoms. The number of phenolic OH excluding ortho intramolecular Hbond substituents is 4. The summed E-state index contributed by atoms with van der Waals surface area (Å²) in [5.74, 6) is -0.292. The van der Waals surface area contributed by atoms with E-state index >= 15 is 0 Å². The lowest BCUT2D eigenvalue weighted by molar-refractivity contribution is 0.150. The second-order valence-electron chi connectivity index (χ2n) is 6.51. The fraction of sp³-hybridized carbons (Fsp3) is 0.478. The summed E-state index contributed by atoms with van der Waals surface area (Å²) in [6, 6.07) is 6.56. The van der Waals surface area contributed by atoms with E-state index in [0.717, 1.165) is 0 Å². The summed E-state index contributed by atoms with van der Waals surface area (Å²) in [7, 11) is 0. The molecule has 0 fully saturated rings. The van der Waals surface area contributed by atoms with Crippen molar-refractivity contribution in [3.8, 4) is 28.7 Å². The SMILES string of the molecule is CC.CCC.CCC.NC1Cc2c(O)cc(O)cc2OC1c1ccc(O)c(O)c1. The van der Waals surface area contributed by atoms with Crippen LogP contribution in [0.1, 0.15) is 71.6 Å². The zero-order valence-electron chi connectivity index (χ0n) is 18.4. The highest BCUT2D eigenvalue weighted by Crippen LogP contribution is 2.42.